The van der Waals surface area contributed by atoms with E-state index in [1.807, 2.05) is 0 Å². The van der Waals surface area contributed by atoms with Gasteiger partial charge in [-0.05, 0) is 6.35 Å². The minimum atomic E-state index is -5.02. The van der Waals surface area contributed by atoms with Gasteiger partial charge in [0.1, 0.15) is 0 Å². The fourth-order valence-electron chi connectivity index (χ4n) is 0.0702. The van der Waals surface area contributed by atoms with Crippen LogP contribution in [0.15, 0.2) is 0 Å². The Morgan fingerprint density at radius 3 is 0.920 bits per heavy atom. The van der Waals surface area contributed by atoms with E-state index in [0.29, 0.717) is 0 Å². The summed E-state index contributed by atoms with van der Waals surface area (Å²) < 4.78 is 58.9. The molecule has 25 heavy (non-hydrogen) atoms. The monoisotopic (exact) mass is 501 g/mol. The molecule has 142 valence electrons. The van der Waals surface area contributed by atoms with Gasteiger partial charge in [0.05, 0.1) is 0 Å². The van der Waals surface area contributed by atoms with Crippen LogP contribution < -0.4 is 177 Å². The Labute approximate surface area is 270 Å². The molecule has 0 radical (unpaired) electrons. The summed E-state index contributed by atoms with van der Waals surface area (Å²) in [5.74, 6) is 0. The van der Waals surface area contributed by atoms with Crippen LogP contribution >= 0.6 is 0 Å². The molecule has 0 aromatic rings. The molecule has 0 aromatic carbocycles. The average molecular weight is 502 g/mol. The molecule has 0 rings (SSSR count). The first-order chi connectivity index (χ1) is 9.89. The Bertz CT molecular complexity index is 346. The fourth-order valence-corrected chi connectivity index (χ4v) is 0.632. The zero-order chi connectivity index (χ0) is 19.4. The van der Waals surface area contributed by atoms with E-state index in [1.165, 1.54) is 0 Å². The predicted octanol–water partition coefficient (Wildman–Crippen LogP) is -12.5. The summed E-state index contributed by atoms with van der Waals surface area (Å²) in [6, 6.07) is 0. The van der Waals surface area contributed by atoms with Crippen LogP contribution in [0, 0.1) is 13.0 Å². The molecule has 0 fully saturated rings. The minimum absolute atomic E-state index is 0. The van der Waals surface area contributed by atoms with Gasteiger partial charge < -0.3 is 27.8 Å². The van der Waals surface area contributed by atoms with E-state index in [-0.39, 0.29) is 154 Å². The third kappa shape index (κ3) is 111. The van der Waals surface area contributed by atoms with Crippen molar-refractivity contribution in [3.05, 3.63) is 13.0 Å². The van der Waals surface area contributed by atoms with Gasteiger partial charge in [-0.1, -0.05) is 8.67 Å². The van der Waals surface area contributed by atoms with Crippen LogP contribution in [-0.4, -0.2) is 52.2 Å². The van der Waals surface area contributed by atoms with E-state index < -0.39 is 27.1 Å². The van der Waals surface area contributed by atoms with E-state index in [1.54, 1.807) is 0 Å². The van der Waals surface area contributed by atoms with E-state index in [0.717, 1.165) is 6.67 Å². The summed E-state index contributed by atoms with van der Waals surface area (Å²) in [5, 5.41) is 31.4. The van der Waals surface area contributed by atoms with Gasteiger partial charge in [0.15, 0.2) is 0 Å². The molecule has 0 saturated heterocycles. The van der Waals surface area contributed by atoms with Crippen molar-refractivity contribution in [1.82, 2.24) is 0 Å². The van der Waals surface area contributed by atoms with Gasteiger partial charge in [-0.3, -0.25) is 35.4 Å². The first-order valence-corrected chi connectivity index (χ1v) is 6.29. The first kappa shape index (κ1) is 51.7. The van der Waals surface area contributed by atoms with E-state index in [2.05, 4.69) is 36.5 Å². The van der Waals surface area contributed by atoms with Crippen molar-refractivity contribution in [3.8, 4) is 0 Å². The largest absolute Gasteiger partial charge is 1.00 e. The van der Waals surface area contributed by atoms with Gasteiger partial charge in [-0.2, -0.15) is 16.8 Å². The van der Waals surface area contributed by atoms with Crippen LogP contribution in [-0.2, 0) is 34.4 Å². The summed E-state index contributed by atoms with van der Waals surface area (Å²) >= 11 is 0. The van der Waals surface area contributed by atoms with Crippen molar-refractivity contribution >= 4 is 20.8 Å². The van der Waals surface area contributed by atoms with Gasteiger partial charge in [-0.25, -0.2) is 6.67 Å². The van der Waals surface area contributed by atoms with Gasteiger partial charge >= 0.3 is 175 Å². The molecule has 0 atom stereocenters. The molecular formula is C2H16K3N4O14S2+. The normalized spacial score (nSPS) is 8.48. The number of hydrogen-bond acceptors (Lipinski definition) is 16. The topological polar surface area (TPSA) is 342 Å². The molecule has 23 heteroatoms. The molecule has 0 heterocycles. The molecule has 0 unspecified atom stereocenters. The third-order valence-electron chi connectivity index (χ3n) is 0.305. The molecule has 15 N–H and O–H groups in total. The molecule has 0 aliphatic rings. The van der Waals surface area contributed by atoms with Crippen LogP contribution in [0.1, 0.15) is 0 Å². The quantitative estimate of drug-likeness (QED) is 0.0559. The van der Waals surface area contributed by atoms with E-state index in [4.69, 9.17) is 35.4 Å². The molecule has 0 amide bonds. The van der Waals surface area contributed by atoms with Gasteiger partial charge in [0.25, 0.3) is 0 Å². The summed E-state index contributed by atoms with van der Waals surface area (Å²) in [5.41, 5.74) is 18.0. The zero-order valence-electron chi connectivity index (χ0n) is 13.2. The van der Waals surface area contributed by atoms with E-state index >= 15 is 0 Å². The fraction of sp³-hybridized carbons (Fsp3) is 0. The van der Waals surface area contributed by atoms with Gasteiger partial charge in [0.2, 0.25) is 0 Å². The van der Waals surface area contributed by atoms with Crippen molar-refractivity contribution in [3.63, 3.8) is 0 Å². The third-order valence-corrected chi connectivity index (χ3v) is 0.871. The van der Waals surface area contributed by atoms with Crippen molar-refractivity contribution in [2.45, 2.75) is 0 Å². The number of rotatable bonds is 4. The second-order valence-corrected chi connectivity index (χ2v) is 3.66. The Balaban J connectivity index is -0.0000000277. The van der Waals surface area contributed by atoms with Crippen LogP contribution in [0.2, 0.25) is 0 Å². The number of nitrogens with two attached hydrogens (primary N) is 4. The molecule has 0 spiro atoms. The Hall–Kier alpha value is 4.25. The summed E-state index contributed by atoms with van der Waals surface area (Å²) in [6.07, 6.45) is -0.440. The van der Waals surface area contributed by atoms with Crippen molar-refractivity contribution < 1.29 is 220 Å². The van der Waals surface area contributed by atoms with Crippen molar-refractivity contribution in [2.24, 2.45) is 22.9 Å². The minimum Gasteiger partial charge on any atom is -0.470 e. The van der Waals surface area contributed by atoms with Crippen molar-refractivity contribution in [2.75, 3.05) is 0 Å². The molecule has 0 aliphatic carbocycles. The van der Waals surface area contributed by atoms with Crippen LogP contribution in [0.3, 0.4) is 0 Å². The predicted molar refractivity (Wildman–Crippen MR) is 63.8 cm³/mol. The van der Waals surface area contributed by atoms with Crippen molar-refractivity contribution in [1.29, 1.82) is 0 Å². The molecule has 0 aliphatic heterocycles. The Morgan fingerprint density at radius 1 is 0.760 bits per heavy atom. The summed E-state index contributed by atoms with van der Waals surface area (Å²) in [6.45, 7) is 1.00. The second kappa shape index (κ2) is 38.8. The maximum atomic E-state index is 9.51. The van der Waals surface area contributed by atoms with Gasteiger partial charge in [0, 0.05) is 0 Å². The molecule has 0 aromatic heterocycles. The van der Waals surface area contributed by atoms with E-state index in [9.17, 15) is 16.8 Å². The molecule has 18 nitrogen and oxygen atoms in total. The standard InChI is InChI=1S/CH5N2O2.CH5N2.3K.H2O8S2.2H2O2/c2-1(3)5-4;2-1-3;;;;1-9(2,3)7-8-10(4,5)6;2*1-2/h4H,2-3H2;1H,2-3H2;;;;(H,1,2,3)(H,4,5,6);2*1-2H/q2*-1;3*+1;;;. The zero-order valence-corrected chi connectivity index (χ0v) is 24.2. The Morgan fingerprint density at radius 2 is 0.880 bits per heavy atom. The Kier molecular flexibility index (Phi) is 80.2. The molecular weight excluding hydrogens is 485 g/mol. The van der Waals surface area contributed by atoms with Crippen LogP contribution in [0.4, 0.5) is 0 Å². The first-order valence-electron chi connectivity index (χ1n) is 3.56. The summed E-state index contributed by atoms with van der Waals surface area (Å²) in [7, 11) is -10.0. The SMILES string of the molecule is N[C-](N)OO.N[CH-]N.O=S(=O)(O)OOS(=O)(=O)O.OO.OO.[K+].[K+].[K+]. The maximum absolute atomic E-state index is 9.51. The molecule has 0 bridgehead atoms. The smallest absolute Gasteiger partial charge is 0.470 e. The van der Waals surface area contributed by atoms with Crippen LogP contribution in [0.25, 0.3) is 0 Å². The maximum Gasteiger partial charge on any atom is 1.00 e. The van der Waals surface area contributed by atoms with Crippen LogP contribution in [0.5, 0.6) is 0 Å². The average Bonchev–Trinajstić information content (AvgIpc) is 2.41. The second-order valence-electron chi connectivity index (χ2n) is 1.68. The van der Waals surface area contributed by atoms with Gasteiger partial charge in [-0.15, -0.1) is 0 Å². The number of hydrogen-bond donors (Lipinski definition) is 11. The summed E-state index contributed by atoms with van der Waals surface area (Å²) in [4.78, 5) is 3.22. The molecule has 0 saturated carbocycles.